The predicted octanol–water partition coefficient (Wildman–Crippen LogP) is 1.13. The van der Waals surface area contributed by atoms with Crippen molar-refractivity contribution < 1.29 is 0 Å². The Kier molecular flexibility index (Phi) is 1.26. The summed E-state index contributed by atoms with van der Waals surface area (Å²) >= 11 is 0. The molecule has 0 fully saturated rings. The molecule has 0 unspecified atom stereocenters. The largest absolute Gasteiger partial charge is 0.368 e. The van der Waals surface area contributed by atoms with E-state index in [1.54, 1.807) is 0 Å². The first-order chi connectivity index (χ1) is 2.56. The van der Waals surface area contributed by atoms with Crippen LogP contribution in [0.25, 0.3) is 0 Å². The quantitative estimate of drug-likeness (QED) is 0.329. The highest BCUT2D eigenvalue weighted by Gasteiger charge is 2.22. The summed E-state index contributed by atoms with van der Waals surface area (Å²) in [5, 5.41) is 8.15. The van der Waals surface area contributed by atoms with Crippen LogP contribution in [0, 0.1) is 17.5 Å². The summed E-state index contributed by atoms with van der Waals surface area (Å²) in [5.74, 6) is 0. The Morgan fingerprint density at radius 3 is 1.83 bits per heavy atom. The van der Waals surface area contributed by atoms with Crippen molar-refractivity contribution in [2.75, 3.05) is 0 Å². The fraction of sp³-hybridized carbons (Fsp3) is 0.500. The first-order valence-corrected chi connectivity index (χ1v) is 5.03. The average Bonchev–Trinajstić information content (AvgIpc) is 1.35. The van der Waals surface area contributed by atoms with E-state index in [0.717, 1.165) is 0 Å². The van der Waals surface area contributed by atoms with Gasteiger partial charge in [-0.25, -0.2) is 5.26 Å². The Labute approximate surface area is 39.6 Å². The number of nitriles is 1. The summed E-state index contributed by atoms with van der Waals surface area (Å²) in [6.07, 6.45) is 0. The molecule has 0 rings (SSSR count). The number of hydrogen-bond acceptors (Lipinski definition) is 1. The fourth-order valence-corrected chi connectivity index (χ4v) is 0. The van der Waals surface area contributed by atoms with Crippen LogP contribution < -0.4 is 0 Å². The Bertz CT molecular complexity index is 74.5. The topological polar surface area (TPSA) is 23.8 Å². The summed E-state index contributed by atoms with van der Waals surface area (Å²) in [4.78, 5) is 0. The zero-order valence-corrected chi connectivity index (χ0v) is 5.15. The molecule has 0 aliphatic heterocycles. The monoisotopic (exact) mass is 98.0 g/mol. The molecule has 0 heterocycles. The predicted molar refractivity (Wildman–Crippen MR) is 28.5 cm³/mol. The Morgan fingerprint density at radius 1 is 1.67 bits per heavy atom. The lowest BCUT2D eigenvalue weighted by atomic mass is 11.7. The molecule has 0 N–H and O–H groups in total. The zero-order valence-electron chi connectivity index (χ0n) is 4.15. The highest BCUT2D eigenvalue weighted by atomic mass is 28.3. The molecule has 0 aliphatic rings. The maximum absolute atomic E-state index is 8.15. The smallest absolute Gasteiger partial charge is 0.201 e. The summed E-state index contributed by atoms with van der Waals surface area (Å²) in [5.41, 5.74) is 2.13. The number of nitrogens with zero attached hydrogens (tertiary/aromatic N) is 1. The second kappa shape index (κ2) is 1.35. The van der Waals surface area contributed by atoms with Crippen molar-refractivity contribution in [3.8, 4) is 5.69 Å². The van der Waals surface area contributed by atoms with Crippen LogP contribution in [0.15, 0.2) is 0 Å². The van der Waals surface area contributed by atoms with E-state index < -0.39 is 8.07 Å². The molecule has 0 radical (unpaired) electrons. The van der Waals surface area contributed by atoms with Crippen LogP contribution in [0.5, 0.6) is 0 Å². The average molecular weight is 98.2 g/mol. The van der Waals surface area contributed by atoms with Crippen molar-refractivity contribution in [1.82, 2.24) is 0 Å². The minimum absolute atomic E-state index is 1.58. The van der Waals surface area contributed by atoms with Crippen LogP contribution in [0.1, 0.15) is 0 Å². The molecule has 0 aromatic rings. The van der Waals surface area contributed by atoms with Crippen LogP contribution >= 0.6 is 0 Å². The summed E-state index contributed by atoms with van der Waals surface area (Å²) in [6, 6.07) is 0. The van der Waals surface area contributed by atoms with Crippen LogP contribution in [-0.4, -0.2) is 8.07 Å². The zero-order chi connectivity index (χ0) is 5.21. The first-order valence-electron chi connectivity index (χ1n) is 1.83. The van der Waals surface area contributed by atoms with Gasteiger partial charge in [0.05, 0.1) is 5.69 Å². The van der Waals surface area contributed by atoms with Gasteiger partial charge in [-0.15, -0.1) is 0 Å². The van der Waals surface area contributed by atoms with E-state index in [-0.39, 0.29) is 0 Å². The first kappa shape index (κ1) is 5.58. The fourth-order valence-electron chi connectivity index (χ4n) is 0. The van der Waals surface area contributed by atoms with Crippen molar-refractivity contribution in [2.45, 2.75) is 13.1 Å². The van der Waals surface area contributed by atoms with E-state index in [9.17, 15) is 0 Å². The van der Waals surface area contributed by atoms with E-state index >= 15 is 0 Å². The molecule has 0 atom stereocenters. The Balaban J connectivity index is 3.55. The van der Waals surface area contributed by atoms with Gasteiger partial charge in [-0.1, -0.05) is 0 Å². The van der Waals surface area contributed by atoms with Gasteiger partial charge in [0, 0.05) is 6.55 Å². The molecule has 2 heteroatoms. The van der Waals surface area contributed by atoms with Gasteiger partial charge < -0.3 is 0 Å². The molecule has 0 bridgehead atoms. The lowest BCUT2D eigenvalue weighted by molar-refractivity contribution is 1.54. The van der Waals surface area contributed by atoms with Crippen molar-refractivity contribution in [1.29, 1.82) is 5.26 Å². The summed E-state index contributed by atoms with van der Waals surface area (Å²) in [6.45, 7) is 7.49. The molecule has 0 saturated carbocycles. The molecular weight excluding hydrogens is 90.1 g/mol. The van der Waals surface area contributed by atoms with Crippen LogP contribution in [-0.2, 0) is 0 Å². The molecular formula is C4H8NSi+. The molecule has 1 nitrogen and oxygen atoms in total. The summed E-state index contributed by atoms with van der Waals surface area (Å²) in [7, 11) is -1.58. The van der Waals surface area contributed by atoms with Crippen molar-refractivity contribution in [2.24, 2.45) is 0 Å². The van der Waals surface area contributed by atoms with E-state index in [4.69, 9.17) is 5.26 Å². The van der Waals surface area contributed by atoms with Gasteiger partial charge in [0.25, 0.3) is 0 Å². The normalized spacial score (nSPS) is 10.2. The molecule has 0 saturated heterocycles. The Hall–Kier alpha value is -0.423. The number of hydrogen-bond donors (Lipinski definition) is 0. The second-order valence-corrected chi connectivity index (χ2v) is 5.99. The van der Waals surface area contributed by atoms with Gasteiger partial charge in [0.15, 0.2) is 0 Å². The van der Waals surface area contributed by atoms with Crippen molar-refractivity contribution in [3.05, 3.63) is 6.55 Å². The highest BCUT2D eigenvalue weighted by molar-refractivity contribution is 6.86. The second-order valence-electron chi connectivity index (χ2n) is 2.00. The van der Waals surface area contributed by atoms with Gasteiger partial charge in [0.2, 0.25) is 0 Å². The van der Waals surface area contributed by atoms with E-state index in [1.807, 2.05) is 13.1 Å². The Morgan fingerprint density at radius 2 is 1.83 bits per heavy atom. The van der Waals surface area contributed by atoms with Gasteiger partial charge in [-0.3, -0.25) is 0 Å². The lowest BCUT2D eigenvalue weighted by Gasteiger charge is -1.84. The number of rotatable bonds is 0. The maximum Gasteiger partial charge on any atom is 0.368 e. The molecule has 0 spiro atoms. The maximum atomic E-state index is 8.15. The van der Waals surface area contributed by atoms with Gasteiger partial charge in [-0.05, 0) is 13.1 Å². The molecule has 0 aromatic heterocycles. The third-order valence-electron chi connectivity index (χ3n) is 0.303. The highest BCUT2D eigenvalue weighted by Crippen LogP contribution is 1.92. The lowest BCUT2D eigenvalue weighted by Crippen LogP contribution is -2.16. The van der Waals surface area contributed by atoms with Crippen molar-refractivity contribution in [3.63, 3.8) is 0 Å². The minimum Gasteiger partial charge on any atom is -0.201 e. The minimum atomic E-state index is -1.58. The third kappa shape index (κ3) is 3.58. The SMILES string of the molecule is [CH2+][Si](C)(C)C#N. The van der Waals surface area contributed by atoms with Crippen LogP contribution in [0.4, 0.5) is 0 Å². The van der Waals surface area contributed by atoms with Gasteiger partial charge in [-0.2, -0.15) is 0 Å². The molecule has 0 aromatic carbocycles. The molecule has 0 amide bonds. The summed E-state index contributed by atoms with van der Waals surface area (Å²) < 4.78 is 0. The third-order valence-corrected chi connectivity index (χ3v) is 0.908. The van der Waals surface area contributed by atoms with Gasteiger partial charge >= 0.3 is 8.07 Å². The van der Waals surface area contributed by atoms with Crippen LogP contribution in [0.2, 0.25) is 13.1 Å². The van der Waals surface area contributed by atoms with E-state index in [1.165, 1.54) is 0 Å². The standard InChI is InChI=1S/C4H8NSi/c1-6(2,3)4-5/h1H2,2-3H3/q+1. The van der Waals surface area contributed by atoms with E-state index in [0.29, 0.717) is 0 Å². The van der Waals surface area contributed by atoms with Crippen molar-refractivity contribution >= 4 is 8.07 Å². The van der Waals surface area contributed by atoms with Crippen LogP contribution in [0.3, 0.4) is 0 Å². The molecule has 0 aliphatic carbocycles. The van der Waals surface area contributed by atoms with Gasteiger partial charge in [0.1, 0.15) is 0 Å². The molecule has 32 valence electrons. The molecule has 6 heavy (non-hydrogen) atoms. The van der Waals surface area contributed by atoms with E-state index in [2.05, 4.69) is 12.2 Å².